The lowest BCUT2D eigenvalue weighted by atomic mass is 10.2. The number of rotatable bonds is 4. The van der Waals surface area contributed by atoms with Gasteiger partial charge in [0.25, 0.3) is 0 Å². The van der Waals surface area contributed by atoms with Gasteiger partial charge in [0, 0.05) is 42.3 Å². The average Bonchev–Trinajstić information content (AvgIpc) is 2.78. The molecule has 6 heteroatoms. The predicted molar refractivity (Wildman–Crippen MR) is 70.3 cm³/mol. The van der Waals surface area contributed by atoms with E-state index < -0.39 is 0 Å². The standard InChI is InChI=1S/C11H18N4OS/c1-2-8-5-10(15-14-8)13-11(16)6-9-7-17-4-3-12-9/h5,9,12H,2-4,6-7H2,1H3,(H2,13,14,15,16). The molecule has 1 aliphatic rings. The van der Waals surface area contributed by atoms with Crippen LogP contribution in [0.2, 0.25) is 0 Å². The van der Waals surface area contributed by atoms with Crippen molar-refractivity contribution in [3.05, 3.63) is 11.8 Å². The predicted octanol–water partition coefficient (Wildman–Crippen LogP) is 1.01. The van der Waals surface area contributed by atoms with E-state index in [0.717, 1.165) is 30.2 Å². The van der Waals surface area contributed by atoms with Crippen LogP contribution in [0.15, 0.2) is 6.07 Å². The lowest BCUT2D eigenvalue weighted by Gasteiger charge is -2.22. The number of H-pyrrole nitrogens is 1. The molecule has 0 aliphatic carbocycles. The summed E-state index contributed by atoms with van der Waals surface area (Å²) in [6, 6.07) is 2.17. The Morgan fingerprint density at radius 3 is 3.24 bits per heavy atom. The topological polar surface area (TPSA) is 69.8 Å². The molecule has 5 nitrogen and oxygen atoms in total. The molecule has 2 heterocycles. The van der Waals surface area contributed by atoms with Crippen molar-refractivity contribution < 1.29 is 4.79 Å². The van der Waals surface area contributed by atoms with E-state index in [1.165, 1.54) is 0 Å². The van der Waals surface area contributed by atoms with Crippen LogP contribution in [0.25, 0.3) is 0 Å². The van der Waals surface area contributed by atoms with E-state index in [4.69, 9.17) is 0 Å². The van der Waals surface area contributed by atoms with Gasteiger partial charge < -0.3 is 10.6 Å². The molecule has 1 aliphatic heterocycles. The molecule has 94 valence electrons. The second-order valence-corrected chi connectivity index (χ2v) is 5.26. The zero-order valence-corrected chi connectivity index (χ0v) is 10.8. The van der Waals surface area contributed by atoms with E-state index in [2.05, 4.69) is 20.8 Å². The largest absolute Gasteiger partial charge is 0.312 e. The molecule has 1 amide bonds. The number of nitrogens with one attached hydrogen (secondary N) is 3. The van der Waals surface area contributed by atoms with E-state index in [9.17, 15) is 4.79 Å². The van der Waals surface area contributed by atoms with Gasteiger partial charge >= 0.3 is 0 Å². The highest BCUT2D eigenvalue weighted by molar-refractivity contribution is 7.99. The highest BCUT2D eigenvalue weighted by atomic mass is 32.2. The van der Waals surface area contributed by atoms with Crippen molar-refractivity contribution in [1.82, 2.24) is 15.5 Å². The van der Waals surface area contributed by atoms with E-state index in [1.807, 2.05) is 24.8 Å². The minimum Gasteiger partial charge on any atom is -0.312 e. The molecule has 0 bridgehead atoms. The summed E-state index contributed by atoms with van der Waals surface area (Å²) in [6.45, 7) is 3.04. The van der Waals surface area contributed by atoms with Gasteiger partial charge in [0.2, 0.25) is 5.91 Å². The minimum absolute atomic E-state index is 0.0270. The van der Waals surface area contributed by atoms with Crippen molar-refractivity contribution in [1.29, 1.82) is 0 Å². The Kier molecular flexibility index (Phi) is 4.44. The smallest absolute Gasteiger partial charge is 0.227 e. The third-order valence-electron chi connectivity index (χ3n) is 2.71. The van der Waals surface area contributed by atoms with E-state index in [1.54, 1.807) is 0 Å². The Balaban J connectivity index is 1.79. The molecule has 0 saturated carbocycles. The molecule has 1 unspecified atom stereocenters. The Morgan fingerprint density at radius 1 is 1.71 bits per heavy atom. The van der Waals surface area contributed by atoms with Crippen molar-refractivity contribution >= 4 is 23.5 Å². The van der Waals surface area contributed by atoms with Crippen LogP contribution in [0.3, 0.4) is 0 Å². The summed E-state index contributed by atoms with van der Waals surface area (Å²) in [7, 11) is 0. The van der Waals surface area contributed by atoms with Crippen molar-refractivity contribution in [2.75, 3.05) is 23.4 Å². The molecule has 1 atom stereocenters. The van der Waals surface area contributed by atoms with Crippen LogP contribution < -0.4 is 10.6 Å². The Bertz CT molecular complexity index is 373. The summed E-state index contributed by atoms with van der Waals surface area (Å²) in [5.41, 5.74) is 1.03. The number of aryl methyl sites for hydroxylation is 1. The second kappa shape index (κ2) is 6.07. The molecule has 1 saturated heterocycles. The summed E-state index contributed by atoms with van der Waals surface area (Å²) < 4.78 is 0. The van der Waals surface area contributed by atoms with Crippen LogP contribution in [-0.2, 0) is 11.2 Å². The van der Waals surface area contributed by atoms with Gasteiger partial charge in [-0.1, -0.05) is 6.92 Å². The Hall–Kier alpha value is -1.01. The fraction of sp³-hybridized carbons (Fsp3) is 0.636. The summed E-state index contributed by atoms with van der Waals surface area (Å²) >= 11 is 1.89. The van der Waals surface area contributed by atoms with Crippen LogP contribution in [0.5, 0.6) is 0 Å². The van der Waals surface area contributed by atoms with Crippen molar-refractivity contribution in [2.24, 2.45) is 0 Å². The van der Waals surface area contributed by atoms with Crippen molar-refractivity contribution in [3.63, 3.8) is 0 Å². The SMILES string of the molecule is CCc1cc(NC(=O)CC2CSCCN2)n[nH]1. The lowest BCUT2D eigenvalue weighted by Crippen LogP contribution is -2.39. The quantitative estimate of drug-likeness (QED) is 0.750. The number of hydrogen-bond acceptors (Lipinski definition) is 4. The van der Waals surface area contributed by atoms with E-state index >= 15 is 0 Å². The number of anilines is 1. The molecule has 3 N–H and O–H groups in total. The molecule has 1 aromatic heterocycles. The summed E-state index contributed by atoms with van der Waals surface area (Å²) in [5, 5.41) is 13.1. The number of carbonyl (C=O) groups excluding carboxylic acids is 1. The first kappa shape index (κ1) is 12.4. The Morgan fingerprint density at radius 2 is 2.59 bits per heavy atom. The normalized spacial score (nSPS) is 20.2. The van der Waals surface area contributed by atoms with Gasteiger partial charge in [0.05, 0.1) is 0 Å². The molecular formula is C11H18N4OS. The van der Waals surface area contributed by atoms with Gasteiger partial charge in [0.1, 0.15) is 0 Å². The zero-order chi connectivity index (χ0) is 12.1. The van der Waals surface area contributed by atoms with Gasteiger partial charge in [-0.3, -0.25) is 9.89 Å². The Labute approximate surface area is 105 Å². The molecule has 17 heavy (non-hydrogen) atoms. The first-order chi connectivity index (χ1) is 8.28. The highest BCUT2D eigenvalue weighted by Crippen LogP contribution is 2.12. The van der Waals surface area contributed by atoms with Crippen molar-refractivity contribution in [2.45, 2.75) is 25.8 Å². The average molecular weight is 254 g/mol. The second-order valence-electron chi connectivity index (χ2n) is 4.11. The maximum Gasteiger partial charge on any atom is 0.227 e. The summed E-state index contributed by atoms with van der Waals surface area (Å²) in [5.74, 6) is 2.79. The maximum absolute atomic E-state index is 11.8. The van der Waals surface area contributed by atoms with Gasteiger partial charge in [-0.05, 0) is 6.42 Å². The van der Waals surface area contributed by atoms with Crippen LogP contribution in [0.1, 0.15) is 19.0 Å². The van der Waals surface area contributed by atoms with Crippen LogP contribution >= 0.6 is 11.8 Å². The minimum atomic E-state index is 0.0270. The van der Waals surface area contributed by atoms with Gasteiger partial charge in [-0.25, -0.2) is 0 Å². The first-order valence-corrected chi connectivity index (χ1v) is 7.08. The number of amides is 1. The molecular weight excluding hydrogens is 236 g/mol. The fourth-order valence-corrected chi connectivity index (χ4v) is 2.72. The van der Waals surface area contributed by atoms with Crippen LogP contribution in [-0.4, -0.2) is 40.2 Å². The molecule has 2 rings (SSSR count). The number of nitrogens with zero attached hydrogens (tertiary/aromatic N) is 1. The number of thioether (sulfide) groups is 1. The molecule has 0 spiro atoms. The molecule has 1 aromatic rings. The number of hydrogen-bond donors (Lipinski definition) is 3. The monoisotopic (exact) mass is 254 g/mol. The number of aromatic amines is 1. The van der Waals surface area contributed by atoms with Crippen LogP contribution in [0.4, 0.5) is 5.82 Å². The highest BCUT2D eigenvalue weighted by Gasteiger charge is 2.17. The van der Waals surface area contributed by atoms with Gasteiger partial charge in [0.15, 0.2) is 5.82 Å². The molecule has 1 fully saturated rings. The van der Waals surface area contributed by atoms with Gasteiger partial charge in [-0.15, -0.1) is 0 Å². The third-order valence-corrected chi connectivity index (χ3v) is 3.84. The van der Waals surface area contributed by atoms with Crippen LogP contribution in [0, 0.1) is 0 Å². The van der Waals surface area contributed by atoms with E-state index in [0.29, 0.717) is 18.3 Å². The summed E-state index contributed by atoms with van der Waals surface area (Å²) in [6.07, 6.45) is 1.41. The lowest BCUT2D eigenvalue weighted by molar-refractivity contribution is -0.116. The number of aromatic nitrogens is 2. The number of carbonyl (C=O) groups is 1. The molecule has 0 aromatic carbocycles. The first-order valence-electron chi connectivity index (χ1n) is 5.93. The maximum atomic E-state index is 11.8. The van der Waals surface area contributed by atoms with Gasteiger partial charge in [-0.2, -0.15) is 16.9 Å². The zero-order valence-electron chi connectivity index (χ0n) is 9.95. The summed E-state index contributed by atoms with van der Waals surface area (Å²) in [4.78, 5) is 11.8. The van der Waals surface area contributed by atoms with Crippen molar-refractivity contribution in [3.8, 4) is 0 Å². The van der Waals surface area contributed by atoms with E-state index in [-0.39, 0.29) is 5.91 Å². The fourth-order valence-electron chi connectivity index (χ4n) is 1.78. The third kappa shape index (κ3) is 3.74. The molecule has 0 radical (unpaired) electrons.